The fourth-order valence-electron chi connectivity index (χ4n) is 4.99. The van der Waals surface area contributed by atoms with Crippen LogP contribution < -0.4 is 21.1 Å². The van der Waals surface area contributed by atoms with Crippen molar-refractivity contribution in [2.24, 2.45) is 10.9 Å². The lowest BCUT2D eigenvalue weighted by molar-refractivity contribution is -0.116. The van der Waals surface area contributed by atoms with E-state index in [1.165, 1.54) is 38.6 Å². The summed E-state index contributed by atoms with van der Waals surface area (Å²) in [5.41, 5.74) is 6.96. The number of halogens is 5. The molecule has 1 saturated heterocycles. The zero-order valence-electron chi connectivity index (χ0n) is 24.5. The number of aliphatic imine (C=N–C) groups is 1. The van der Waals surface area contributed by atoms with Gasteiger partial charge in [0.2, 0.25) is 23.3 Å². The van der Waals surface area contributed by atoms with Gasteiger partial charge in [-0.25, -0.2) is 27.9 Å². The minimum absolute atomic E-state index is 0.0158. The van der Waals surface area contributed by atoms with Gasteiger partial charge in [0, 0.05) is 63.4 Å². The Hall–Kier alpha value is -5.08. The second kappa shape index (κ2) is 14.1. The molecule has 2 unspecified atom stereocenters. The first-order chi connectivity index (χ1) is 21.5. The third kappa shape index (κ3) is 7.19. The molecule has 0 saturated carbocycles. The summed E-state index contributed by atoms with van der Waals surface area (Å²) in [5.74, 6) is -10.3. The van der Waals surface area contributed by atoms with Crippen LogP contribution in [0.1, 0.15) is 36.1 Å². The standard InChI is InChI=1S/C30H30F5N7O3/c1-15(16-8-10-42(13-16)30(44)39-9-4-5-22(43)37-2)26-23(29(36)41-14-40-26)27(38-3)18-7-6-17(11-19(18)31)45-28-24(34)20(32)12-21(33)25(28)35/h4-7,11-12,14-16H,8-10,13H2,1-3H3,(H,37,43)(H,39,44)(H2,36,40,41)/b5-4+,38-27-. The Kier molecular flexibility index (Phi) is 10.3. The highest BCUT2D eigenvalue weighted by atomic mass is 19.2. The molecule has 45 heavy (non-hydrogen) atoms. The molecule has 2 aromatic carbocycles. The molecule has 238 valence electrons. The minimum atomic E-state index is -1.78. The number of aromatic nitrogens is 2. The number of nitrogen functional groups attached to an aromatic ring is 1. The molecular weight excluding hydrogens is 601 g/mol. The molecule has 15 heteroatoms. The van der Waals surface area contributed by atoms with E-state index in [1.54, 1.807) is 4.90 Å². The van der Waals surface area contributed by atoms with Gasteiger partial charge in [-0.15, -0.1) is 0 Å². The third-order valence-corrected chi connectivity index (χ3v) is 7.39. The van der Waals surface area contributed by atoms with Crippen LogP contribution >= 0.6 is 0 Å². The average molecular weight is 632 g/mol. The second-order valence-electron chi connectivity index (χ2n) is 10.1. The number of amides is 3. The van der Waals surface area contributed by atoms with Crippen LogP contribution in [-0.4, -0.2) is 66.2 Å². The van der Waals surface area contributed by atoms with Gasteiger partial charge in [-0.1, -0.05) is 13.0 Å². The van der Waals surface area contributed by atoms with Crippen molar-refractivity contribution in [1.29, 1.82) is 0 Å². The lowest BCUT2D eigenvalue weighted by atomic mass is 9.86. The number of carbonyl (C=O) groups is 2. The monoisotopic (exact) mass is 631 g/mol. The Bertz CT molecular complexity index is 1640. The molecule has 10 nitrogen and oxygen atoms in total. The maximum absolute atomic E-state index is 15.5. The van der Waals surface area contributed by atoms with Crippen LogP contribution in [0.15, 0.2) is 47.7 Å². The highest BCUT2D eigenvalue weighted by molar-refractivity contribution is 6.16. The van der Waals surface area contributed by atoms with Crippen LogP contribution in [0.25, 0.3) is 0 Å². The maximum atomic E-state index is 15.5. The van der Waals surface area contributed by atoms with Gasteiger partial charge in [0.15, 0.2) is 11.6 Å². The largest absolute Gasteiger partial charge is 0.451 e. The topological polar surface area (TPSA) is 135 Å². The number of carbonyl (C=O) groups excluding carboxylic acids is 2. The number of hydrogen-bond acceptors (Lipinski definition) is 7. The van der Waals surface area contributed by atoms with Crippen LogP contribution in [0.2, 0.25) is 0 Å². The number of rotatable bonds is 9. The van der Waals surface area contributed by atoms with Crippen molar-refractivity contribution in [1.82, 2.24) is 25.5 Å². The van der Waals surface area contributed by atoms with Crippen molar-refractivity contribution >= 4 is 23.5 Å². The van der Waals surface area contributed by atoms with E-state index in [0.717, 1.165) is 12.1 Å². The van der Waals surface area contributed by atoms with E-state index < -0.39 is 40.6 Å². The van der Waals surface area contributed by atoms with Crippen molar-refractivity contribution < 1.29 is 36.3 Å². The maximum Gasteiger partial charge on any atom is 0.317 e. The van der Waals surface area contributed by atoms with E-state index in [-0.39, 0.29) is 59.0 Å². The molecule has 0 spiro atoms. The van der Waals surface area contributed by atoms with Gasteiger partial charge in [0.05, 0.1) is 17.0 Å². The molecule has 1 fully saturated rings. The Morgan fingerprint density at radius 1 is 1.13 bits per heavy atom. The number of benzene rings is 2. The summed E-state index contributed by atoms with van der Waals surface area (Å²) in [5, 5.41) is 5.18. The van der Waals surface area contributed by atoms with Crippen LogP contribution in [0.5, 0.6) is 11.5 Å². The predicted molar refractivity (Wildman–Crippen MR) is 155 cm³/mol. The zero-order valence-corrected chi connectivity index (χ0v) is 24.5. The third-order valence-electron chi connectivity index (χ3n) is 7.39. The summed E-state index contributed by atoms with van der Waals surface area (Å²) >= 11 is 0. The Morgan fingerprint density at radius 2 is 1.84 bits per heavy atom. The average Bonchev–Trinajstić information content (AvgIpc) is 3.52. The van der Waals surface area contributed by atoms with E-state index in [4.69, 9.17) is 10.5 Å². The molecular formula is C30H30F5N7O3. The molecule has 2 atom stereocenters. The van der Waals surface area contributed by atoms with Crippen LogP contribution in [0, 0.1) is 35.0 Å². The first kappa shape index (κ1) is 32.8. The van der Waals surface area contributed by atoms with Gasteiger partial charge in [-0.2, -0.15) is 8.78 Å². The van der Waals surface area contributed by atoms with Crippen molar-refractivity contribution in [3.8, 4) is 11.5 Å². The summed E-state index contributed by atoms with van der Waals surface area (Å²) < 4.78 is 75.8. The number of urea groups is 1. The number of ether oxygens (including phenoxy) is 1. The van der Waals surface area contributed by atoms with Crippen LogP contribution in [0.4, 0.5) is 32.6 Å². The first-order valence-electron chi connectivity index (χ1n) is 13.8. The SMILES string of the molecule is C/N=C(/c1ccc(Oc2c(F)c(F)cc(F)c2F)cc1F)c1c(N)ncnc1C(C)C1CCN(C(=O)NC/C=C/C(=O)NC)C1. The zero-order chi connectivity index (χ0) is 32.8. The highest BCUT2D eigenvalue weighted by Crippen LogP contribution is 2.36. The predicted octanol–water partition coefficient (Wildman–Crippen LogP) is 4.45. The van der Waals surface area contributed by atoms with E-state index >= 15 is 4.39 Å². The van der Waals surface area contributed by atoms with Gasteiger partial charge in [0.25, 0.3) is 0 Å². The fourth-order valence-corrected chi connectivity index (χ4v) is 4.99. The first-order valence-corrected chi connectivity index (χ1v) is 13.8. The normalized spacial score (nSPS) is 15.8. The van der Waals surface area contributed by atoms with Gasteiger partial charge in [-0.05, 0) is 24.5 Å². The molecule has 0 aliphatic carbocycles. The van der Waals surface area contributed by atoms with E-state index in [2.05, 4.69) is 25.6 Å². The smallest absolute Gasteiger partial charge is 0.317 e. The number of nitrogens with one attached hydrogen (secondary N) is 2. The Morgan fingerprint density at radius 3 is 2.49 bits per heavy atom. The molecule has 3 aromatic rings. The van der Waals surface area contributed by atoms with Crippen molar-refractivity contribution in [2.75, 3.05) is 39.5 Å². The van der Waals surface area contributed by atoms with Gasteiger partial charge in [-0.3, -0.25) is 9.79 Å². The van der Waals surface area contributed by atoms with Gasteiger partial charge in [0.1, 0.15) is 23.7 Å². The number of hydrogen-bond donors (Lipinski definition) is 3. The van der Waals surface area contributed by atoms with Crippen LogP contribution in [0.3, 0.4) is 0 Å². The van der Waals surface area contributed by atoms with E-state index in [9.17, 15) is 27.2 Å². The van der Waals surface area contributed by atoms with Gasteiger partial charge < -0.3 is 26.0 Å². The summed E-state index contributed by atoms with van der Waals surface area (Å²) in [6, 6.07) is 2.87. The summed E-state index contributed by atoms with van der Waals surface area (Å²) in [4.78, 5) is 38.3. The van der Waals surface area contributed by atoms with E-state index in [0.29, 0.717) is 25.2 Å². The van der Waals surface area contributed by atoms with Crippen molar-refractivity contribution in [3.63, 3.8) is 0 Å². The number of nitrogens with zero attached hydrogens (tertiary/aromatic N) is 4. The molecule has 0 bridgehead atoms. The lowest BCUT2D eigenvalue weighted by Gasteiger charge is -2.23. The summed E-state index contributed by atoms with van der Waals surface area (Å²) in [7, 11) is 2.90. The van der Waals surface area contributed by atoms with E-state index in [1.807, 2.05) is 6.92 Å². The number of nitrogens with two attached hydrogens (primary N) is 1. The number of anilines is 1. The van der Waals surface area contributed by atoms with Crippen molar-refractivity contribution in [3.05, 3.63) is 88.7 Å². The second-order valence-corrected chi connectivity index (χ2v) is 10.1. The number of likely N-dealkylation sites (tertiary alicyclic amines) is 1. The van der Waals surface area contributed by atoms with Crippen molar-refractivity contribution in [2.45, 2.75) is 19.3 Å². The van der Waals surface area contributed by atoms with Gasteiger partial charge >= 0.3 is 6.03 Å². The fraction of sp³-hybridized carbons (Fsp3) is 0.300. The Balaban J connectivity index is 1.55. The quantitative estimate of drug-likeness (QED) is 0.138. The molecule has 1 aliphatic heterocycles. The minimum Gasteiger partial charge on any atom is -0.451 e. The molecule has 1 aliphatic rings. The Labute approximate surface area is 255 Å². The summed E-state index contributed by atoms with van der Waals surface area (Å²) in [6.07, 6.45) is 4.76. The molecule has 4 N–H and O–H groups in total. The molecule has 4 rings (SSSR count). The molecule has 1 aromatic heterocycles. The number of likely N-dealkylation sites (N-methyl/N-ethyl adjacent to an activating group) is 1. The highest BCUT2D eigenvalue weighted by Gasteiger charge is 2.34. The molecule has 0 radical (unpaired) electrons. The van der Waals surface area contributed by atoms with Crippen LogP contribution in [-0.2, 0) is 4.79 Å². The molecule has 3 amide bonds. The molecule has 2 heterocycles. The lowest BCUT2D eigenvalue weighted by Crippen LogP contribution is -2.38. The summed E-state index contributed by atoms with van der Waals surface area (Å²) in [6.45, 7) is 2.93.